The highest BCUT2D eigenvalue weighted by Crippen LogP contribution is 2.19. The molecule has 0 saturated heterocycles. The van der Waals surface area contributed by atoms with Crippen LogP contribution in [0.2, 0.25) is 5.02 Å². The van der Waals surface area contributed by atoms with E-state index >= 15 is 0 Å². The Hall–Kier alpha value is -2.15. The minimum absolute atomic E-state index is 0.0197. The van der Waals surface area contributed by atoms with Crippen molar-refractivity contribution in [3.05, 3.63) is 34.6 Å². The van der Waals surface area contributed by atoms with Crippen molar-refractivity contribution in [2.24, 2.45) is 0 Å². The topological polar surface area (TPSA) is 75.7 Å². The molecule has 0 radical (unpaired) electrons. The van der Waals surface area contributed by atoms with Crippen molar-refractivity contribution in [2.75, 3.05) is 26.2 Å². The number of hydrogen-bond acceptors (Lipinski definition) is 4. The summed E-state index contributed by atoms with van der Waals surface area (Å²) in [5.74, 6) is -2.18. The zero-order valence-electron chi connectivity index (χ0n) is 13.6. The van der Waals surface area contributed by atoms with Gasteiger partial charge in [0.1, 0.15) is 5.82 Å². The lowest BCUT2D eigenvalue weighted by Gasteiger charge is -2.20. The molecule has 1 aromatic rings. The van der Waals surface area contributed by atoms with Gasteiger partial charge in [-0.2, -0.15) is 0 Å². The molecule has 0 fully saturated rings. The van der Waals surface area contributed by atoms with Crippen LogP contribution >= 0.6 is 11.6 Å². The molecule has 0 aliphatic heterocycles. The predicted molar refractivity (Wildman–Crippen MR) is 87.0 cm³/mol. The van der Waals surface area contributed by atoms with E-state index in [0.717, 1.165) is 0 Å². The number of carbonyl (C=O) groups excluding carboxylic acids is 3. The van der Waals surface area contributed by atoms with Crippen molar-refractivity contribution < 1.29 is 23.5 Å². The highest BCUT2D eigenvalue weighted by Gasteiger charge is 2.18. The van der Waals surface area contributed by atoms with E-state index in [-0.39, 0.29) is 29.5 Å². The highest BCUT2D eigenvalue weighted by molar-refractivity contribution is 6.31. The van der Waals surface area contributed by atoms with Crippen LogP contribution in [-0.2, 0) is 25.5 Å². The van der Waals surface area contributed by atoms with E-state index in [1.807, 2.05) is 0 Å². The fourth-order valence-electron chi connectivity index (χ4n) is 1.93. The second kappa shape index (κ2) is 9.87. The Morgan fingerprint density at radius 2 is 2.00 bits per heavy atom. The maximum absolute atomic E-state index is 13.6. The number of esters is 1. The van der Waals surface area contributed by atoms with E-state index in [1.54, 1.807) is 13.8 Å². The molecule has 0 bridgehead atoms. The fraction of sp³-hybridized carbons (Fsp3) is 0.438. The number of halogens is 2. The third kappa shape index (κ3) is 6.16. The molecule has 24 heavy (non-hydrogen) atoms. The second-order valence-electron chi connectivity index (χ2n) is 4.90. The molecule has 0 aromatic heterocycles. The SMILES string of the molecule is CCNC(=O)CN(CC)C(=O)COC(=O)Cc1c(F)cccc1Cl. The third-order valence-corrected chi connectivity index (χ3v) is 3.54. The molecule has 0 atom stereocenters. The molecule has 6 nitrogen and oxygen atoms in total. The summed E-state index contributed by atoms with van der Waals surface area (Å²) in [5, 5.41) is 2.69. The molecule has 0 spiro atoms. The Balaban J connectivity index is 2.53. The summed E-state index contributed by atoms with van der Waals surface area (Å²) in [6, 6.07) is 4.07. The fourth-order valence-corrected chi connectivity index (χ4v) is 2.16. The van der Waals surface area contributed by atoms with Crippen LogP contribution in [0.25, 0.3) is 0 Å². The van der Waals surface area contributed by atoms with Crippen LogP contribution in [0.3, 0.4) is 0 Å². The smallest absolute Gasteiger partial charge is 0.310 e. The maximum Gasteiger partial charge on any atom is 0.310 e. The highest BCUT2D eigenvalue weighted by atomic mass is 35.5. The van der Waals surface area contributed by atoms with Gasteiger partial charge >= 0.3 is 5.97 Å². The molecule has 0 heterocycles. The normalized spacial score (nSPS) is 10.2. The summed E-state index contributed by atoms with van der Waals surface area (Å²) in [4.78, 5) is 36.5. The number of benzene rings is 1. The molecule has 1 N–H and O–H groups in total. The van der Waals surface area contributed by atoms with Crippen LogP contribution in [0.4, 0.5) is 4.39 Å². The number of nitrogens with one attached hydrogen (secondary N) is 1. The number of rotatable bonds is 8. The number of ether oxygens (including phenoxy) is 1. The largest absolute Gasteiger partial charge is 0.455 e. The van der Waals surface area contributed by atoms with Crippen LogP contribution in [0, 0.1) is 5.82 Å². The number of likely N-dealkylation sites (N-methyl/N-ethyl adjacent to an activating group) is 2. The molecule has 1 aromatic carbocycles. The van der Waals surface area contributed by atoms with Gasteiger partial charge in [0.05, 0.1) is 13.0 Å². The van der Waals surface area contributed by atoms with Crippen molar-refractivity contribution in [1.82, 2.24) is 10.2 Å². The molecule has 0 saturated carbocycles. The Bertz CT molecular complexity index is 589. The number of carbonyl (C=O) groups is 3. The zero-order chi connectivity index (χ0) is 18.1. The van der Waals surface area contributed by atoms with Crippen molar-refractivity contribution in [3.8, 4) is 0 Å². The van der Waals surface area contributed by atoms with Gasteiger partial charge < -0.3 is 15.0 Å². The average Bonchev–Trinajstić information content (AvgIpc) is 2.54. The van der Waals surface area contributed by atoms with Crippen LogP contribution in [0.5, 0.6) is 0 Å². The van der Waals surface area contributed by atoms with Gasteiger partial charge in [-0.25, -0.2) is 4.39 Å². The Morgan fingerprint density at radius 3 is 2.58 bits per heavy atom. The van der Waals surface area contributed by atoms with Gasteiger partial charge in [0.2, 0.25) is 5.91 Å². The summed E-state index contributed by atoms with van der Waals surface area (Å²) in [7, 11) is 0. The standard InChI is InChI=1S/C16H20ClFN2O4/c1-3-19-14(21)9-20(4-2)15(22)10-24-16(23)8-11-12(17)6-5-7-13(11)18/h5-7H,3-4,8-10H2,1-2H3,(H,19,21). The summed E-state index contributed by atoms with van der Waals surface area (Å²) < 4.78 is 18.5. The lowest BCUT2D eigenvalue weighted by atomic mass is 10.1. The van der Waals surface area contributed by atoms with E-state index < -0.39 is 24.3 Å². The van der Waals surface area contributed by atoms with Crippen LogP contribution in [0.1, 0.15) is 19.4 Å². The first-order chi connectivity index (χ1) is 11.4. The molecular formula is C16H20ClFN2O4. The van der Waals surface area contributed by atoms with E-state index in [2.05, 4.69) is 5.32 Å². The van der Waals surface area contributed by atoms with E-state index in [4.69, 9.17) is 16.3 Å². The van der Waals surface area contributed by atoms with Gasteiger partial charge in [-0.3, -0.25) is 14.4 Å². The lowest BCUT2D eigenvalue weighted by Crippen LogP contribution is -2.42. The molecule has 8 heteroatoms. The van der Waals surface area contributed by atoms with Gasteiger partial charge in [0.25, 0.3) is 5.91 Å². The molecule has 0 aliphatic carbocycles. The van der Waals surface area contributed by atoms with E-state index in [1.165, 1.54) is 23.1 Å². The first-order valence-electron chi connectivity index (χ1n) is 7.52. The van der Waals surface area contributed by atoms with Crippen LogP contribution in [-0.4, -0.2) is 48.9 Å². The third-order valence-electron chi connectivity index (χ3n) is 3.18. The zero-order valence-corrected chi connectivity index (χ0v) is 14.4. The Labute approximate surface area is 144 Å². The summed E-state index contributed by atoms with van der Waals surface area (Å²) in [6.45, 7) is 3.61. The first-order valence-corrected chi connectivity index (χ1v) is 7.89. The first kappa shape index (κ1) is 19.9. The van der Waals surface area contributed by atoms with E-state index in [0.29, 0.717) is 13.1 Å². The van der Waals surface area contributed by atoms with Gasteiger partial charge in [0.15, 0.2) is 6.61 Å². The molecule has 0 aliphatic rings. The summed E-state index contributed by atoms with van der Waals surface area (Å²) in [5.41, 5.74) is 0.0197. The van der Waals surface area contributed by atoms with Crippen molar-refractivity contribution in [2.45, 2.75) is 20.3 Å². The molecule has 0 unspecified atom stereocenters. The summed E-state index contributed by atoms with van der Waals surface area (Å²) >= 11 is 5.83. The monoisotopic (exact) mass is 358 g/mol. The minimum atomic E-state index is -0.774. The molecule has 2 amide bonds. The van der Waals surface area contributed by atoms with Crippen LogP contribution < -0.4 is 5.32 Å². The van der Waals surface area contributed by atoms with Gasteiger partial charge in [-0.1, -0.05) is 17.7 Å². The minimum Gasteiger partial charge on any atom is -0.455 e. The van der Waals surface area contributed by atoms with Crippen LogP contribution in [0.15, 0.2) is 18.2 Å². The Morgan fingerprint density at radius 1 is 1.29 bits per heavy atom. The Kier molecular flexibility index (Phi) is 8.18. The number of amides is 2. The molecule has 1 rings (SSSR count). The molecular weight excluding hydrogens is 339 g/mol. The maximum atomic E-state index is 13.6. The van der Waals surface area contributed by atoms with Gasteiger partial charge in [0, 0.05) is 23.7 Å². The van der Waals surface area contributed by atoms with Gasteiger partial charge in [-0.05, 0) is 26.0 Å². The second-order valence-corrected chi connectivity index (χ2v) is 5.31. The lowest BCUT2D eigenvalue weighted by molar-refractivity contribution is -0.152. The summed E-state index contributed by atoms with van der Waals surface area (Å²) in [6.07, 6.45) is -0.374. The van der Waals surface area contributed by atoms with Crippen molar-refractivity contribution in [1.29, 1.82) is 0 Å². The quantitative estimate of drug-likeness (QED) is 0.715. The van der Waals surface area contributed by atoms with Crippen molar-refractivity contribution >= 4 is 29.4 Å². The van der Waals surface area contributed by atoms with Gasteiger partial charge in [-0.15, -0.1) is 0 Å². The average molecular weight is 359 g/mol. The predicted octanol–water partition coefficient (Wildman–Crippen LogP) is 1.55. The molecule has 132 valence electrons. The van der Waals surface area contributed by atoms with E-state index in [9.17, 15) is 18.8 Å². The number of hydrogen-bond donors (Lipinski definition) is 1. The number of nitrogens with zero attached hydrogens (tertiary/aromatic N) is 1. The van der Waals surface area contributed by atoms with Crippen molar-refractivity contribution in [3.63, 3.8) is 0 Å².